The summed E-state index contributed by atoms with van der Waals surface area (Å²) in [7, 11) is -2.57. The number of methoxy groups -OCH3 is 1. The molecule has 1 saturated heterocycles. The normalized spacial score (nSPS) is 18.5. The van der Waals surface area contributed by atoms with E-state index in [2.05, 4.69) is 5.32 Å². The molecule has 25 heavy (non-hydrogen) atoms. The summed E-state index contributed by atoms with van der Waals surface area (Å²) in [5.41, 5.74) is -2.12. The molecule has 6 nitrogen and oxygen atoms in total. The number of ether oxygens (including phenoxy) is 2. The molecule has 1 aromatic rings. The summed E-state index contributed by atoms with van der Waals surface area (Å²) < 4.78 is 49.2. The van der Waals surface area contributed by atoms with Crippen LogP contribution in [0.2, 0.25) is 0 Å². The second-order valence-electron chi connectivity index (χ2n) is 6.12. The van der Waals surface area contributed by atoms with Crippen LogP contribution in [0.15, 0.2) is 29.2 Å². The maximum atomic E-state index is 13.1. The summed E-state index contributed by atoms with van der Waals surface area (Å²) in [4.78, 5) is 12.5. The fourth-order valence-corrected chi connectivity index (χ4v) is 4.71. The standard InChI is InChI=1S/C17H24FNO5S/c1-3-24-16(20)17(8-10-19-11-9-17)12-15(23-2)25(21,22)14-6-4-13(18)5-7-14/h4-7,15,19H,3,8-12H2,1-2H3. The molecular weight excluding hydrogens is 349 g/mol. The van der Waals surface area contributed by atoms with Crippen LogP contribution in [-0.2, 0) is 24.1 Å². The van der Waals surface area contributed by atoms with E-state index in [0.717, 1.165) is 12.1 Å². The van der Waals surface area contributed by atoms with E-state index in [9.17, 15) is 17.6 Å². The zero-order chi connectivity index (χ0) is 18.5. The predicted molar refractivity (Wildman–Crippen MR) is 90.2 cm³/mol. The lowest BCUT2D eigenvalue weighted by Gasteiger charge is -2.37. The highest BCUT2D eigenvalue weighted by atomic mass is 32.2. The Hall–Kier alpha value is -1.51. The molecule has 0 amide bonds. The number of hydrogen-bond donors (Lipinski definition) is 1. The molecule has 1 aliphatic heterocycles. The summed E-state index contributed by atoms with van der Waals surface area (Å²) in [5.74, 6) is -0.915. The van der Waals surface area contributed by atoms with Crippen molar-refractivity contribution in [3.05, 3.63) is 30.1 Å². The SMILES string of the molecule is CCOC(=O)C1(CC(OC)S(=O)(=O)c2ccc(F)cc2)CCNCC1. The van der Waals surface area contributed by atoms with Crippen molar-refractivity contribution in [3.8, 4) is 0 Å². The average Bonchev–Trinajstić information content (AvgIpc) is 2.61. The Kier molecular flexibility index (Phi) is 6.53. The van der Waals surface area contributed by atoms with Crippen LogP contribution < -0.4 is 5.32 Å². The Bertz CT molecular complexity index is 683. The average molecular weight is 373 g/mol. The second kappa shape index (κ2) is 8.25. The van der Waals surface area contributed by atoms with Gasteiger partial charge in [0, 0.05) is 13.5 Å². The van der Waals surface area contributed by atoms with Gasteiger partial charge in [0.15, 0.2) is 5.44 Å². The molecule has 8 heteroatoms. The smallest absolute Gasteiger partial charge is 0.312 e. The highest BCUT2D eigenvalue weighted by molar-refractivity contribution is 7.91. The highest BCUT2D eigenvalue weighted by Crippen LogP contribution is 2.38. The van der Waals surface area contributed by atoms with E-state index < -0.39 is 32.5 Å². The Morgan fingerprint density at radius 3 is 2.40 bits per heavy atom. The molecule has 140 valence electrons. The molecule has 0 aromatic heterocycles. The van der Waals surface area contributed by atoms with Gasteiger partial charge in [-0.15, -0.1) is 0 Å². The minimum absolute atomic E-state index is 0.00369. The number of nitrogens with one attached hydrogen (secondary N) is 1. The van der Waals surface area contributed by atoms with E-state index >= 15 is 0 Å². The third-order valence-corrected chi connectivity index (χ3v) is 6.56. The van der Waals surface area contributed by atoms with Crippen molar-refractivity contribution in [3.63, 3.8) is 0 Å². The van der Waals surface area contributed by atoms with Crippen LogP contribution in [0.5, 0.6) is 0 Å². The third kappa shape index (κ3) is 4.37. The van der Waals surface area contributed by atoms with Crippen LogP contribution in [0, 0.1) is 11.2 Å². The van der Waals surface area contributed by atoms with E-state index in [1.807, 2.05) is 0 Å². The Balaban J connectivity index is 2.31. The van der Waals surface area contributed by atoms with Crippen LogP contribution in [0.25, 0.3) is 0 Å². The van der Waals surface area contributed by atoms with E-state index in [1.165, 1.54) is 19.2 Å². The van der Waals surface area contributed by atoms with Crippen LogP contribution in [0.4, 0.5) is 4.39 Å². The van der Waals surface area contributed by atoms with Crippen molar-refractivity contribution in [1.29, 1.82) is 0 Å². The zero-order valence-electron chi connectivity index (χ0n) is 14.5. The van der Waals surface area contributed by atoms with Crippen molar-refractivity contribution in [2.24, 2.45) is 5.41 Å². The summed E-state index contributed by atoms with van der Waals surface area (Å²) >= 11 is 0. The Morgan fingerprint density at radius 1 is 1.28 bits per heavy atom. The van der Waals surface area contributed by atoms with Crippen molar-refractivity contribution in [1.82, 2.24) is 5.32 Å². The number of halogens is 1. The number of hydrogen-bond acceptors (Lipinski definition) is 6. The zero-order valence-corrected chi connectivity index (χ0v) is 15.3. The number of benzene rings is 1. The molecule has 1 aromatic carbocycles. The summed E-state index contributed by atoms with van der Waals surface area (Å²) in [6.45, 7) is 3.16. The summed E-state index contributed by atoms with van der Waals surface area (Å²) in [6.07, 6.45) is 0.957. The topological polar surface area (TPSA) is 81.7 Å². The maximum absolute atomic E-state index is 13.1. The first kappa shape index (κ1) is 19.8. The van der Waals surface area contributed by atoms with Gasteiger partial charge in [0.25, 0.3) is 0 Å². The van der Waals surface area contributed by atoms with Crippen LogP contribution >= 0.6 is 0 Å². The van der Waals surface area contributed by atoms with Crippen molar-refractivity contribution < 1.29 is 27.1 Å². The van der Waals surface area contributed by atoms with Gasteiger partial charge < -0.3 is 14.8 Å². The molecule has 0 saturated carbocycles. The van der Waals surface area contributed by atoms with E-state index in [4.69, 9.17) is 9.47 Å². The van der Waals surface area contributed by atoms with Crippen LogP contribution in [0.1, 0.15) is 26.2 Å². The molecule has 0 bridgehead atoms. The highest BCUT2D eigenvalue weighted by Gasteiger charge is 2.46. The predicted octanol–water partition coefficient (Wildman–Crippen LogP) is 1.89. The van der Waals surface area contributed by atoms with Crippen LogP contribution in [0.3, 0.4) is 0 Å². The van der Waals surface area contributed by atoms with Gasteiger partial charge in [0.05, 0.1) is 16.9 Å². The molecule has 0 aliphatic carbocycles. The molecule has 2 rings (SSSR count). The van der Waals surface area contributed by atoms with Crippen molar-refractivity contribution >= 4 is 15.8 Å². The first-order chi connectivity index (χ1) is 11.9. The number of esters is 1. The first-order valence-electron chi connectivity index (χ1n) is 8.26. The lowest BCUT2D eigenvalue weighted by Crippen LogP contribution is -2.46. The quantitative estimate of drug-likeness (QED) is 0.581. The van der Waals surface area contributed by atoms with Crippen LogP contribution in [-0.4, -0.2) is 46.6 Å². The van der Waals surface area contributed by atoms with Gasteiger partial charge in [-0.3, -0.25) is 4.79 Å². The molecule has 1 fully saturated rings. The minimum atomic E-state index is -3.87. The van der Waals surface area contributed by atoms with Gasteiger partial charge in [-0.05, 0) is 57.1 Å². The maximum Gasteiger partial charge on any atom is 0.312 e. The second-order valence-corrected chi connectivity index (χ2v) is 8.21. The van der Waals surface area contributed by atoms with Crippen molar-refractivity contribution in [2.75, 3.05) is 26.8 Å². The Labute approximate surface area is 147 Å². The van der Waals surface area contributed by atoms with Gasteiger partial charge in [0.2, 0.25) is 9.84 Å². The van der Waals surface area contributed by atoms with Crippen molar-refractivity contribution in [2.45, 2.75) is 36.5 Å². The third-order valence-electron chi connectivity index (χ3n) is 4.58. The largest absolute Gasteiger partial charge is 0.466 e. The van der Waals surface area contributed by atoms with E-state index in [1.54, 1.807) is 6.92 Å². The fourth-order valence-electron chi connectivity index (χ4n) is 3.10. The number of piperidine rings is 1. The number of carbonyl (C=O) groups is 1. The summed E-state index contributed by atoms with van der Waals surface area (Å²) in [6, 6.07) is 4.59. The fraction of sp³-hybridized carbons (Fsp3) is 0.588. The van der Waals surface area contributed by atoms with E-state index in [0.29, 0.717) is 25.9 Å². The van der Waals surface area contributed by atoms with Gasteiger partial charge in [-0.25, -0.2) is 12.8 Å². The minimum Gasteiger partial charge on any atom is -0.466 e. The van der Waals surface area contributed by atoms with Gasteiger partial charge in [-0.1, -0.05) is 0 Å². The molecule has 1 atom stereocenters. The molecular formula is C17H24FNO5S. The van der Waals surface area contributed by atoms with Gasteiger partial charge >= 0.3 is 5.97 Å². The lowest BCUT2D eigenvalue weighted by atomic mass is 9.76. The molecule has 1 unspecified atom stereocenters. The van der Waals surface area contributed by atoms with Gasteiger partial charge in [0.1, 0.15) is 5.82 Å². The number of sulfone groups is 1. The monoisotopic (exact) mass is 373 g/mol. The first-order valence-corrected chi connectivity index (χ1v) is 9.80. The molecule has 1 N–H and O–H groups in total. The number of carbonyl (C=O) groups excluding carboxylic acids is 1. The van der Waals surface area contributed by atoms with Gasteiger partial charge in [-0.2, -0.15) is 0 Å². The molecule has 1 aliphatic rings. The molecule has 0 radical (unpaired) electrons. The molecule has 0 spiro atoms. The van der Waals surface area contributed by atoms with E-state index in [-0.39, 0.29) is 17.9 Å². The number of rotatable bonds is 7. The summed E-state index contributed by atoms with van der Waals surface area (Å²) in [5, 5.41) is 3.16. The lowest BCUT2D eigenvalue weighted by molar-refractivity contribution is -0.159. The molecule has 1 heterocycles. The Morgan fingerprint density at radius 2 is 1.88 bits per heavy atom.